The van der Waals surface area contributed by atoms with E-state index in [9.17, 15) is 26.4 Å². The van der Waals surface area contributed by atoms with Crippen molar-refractivity contribution in [2.75, 3.05) is 43.1 Å². The average molecular weight is 527 g/mol. The van der Waals surface area contributed by atoms with Crippen LogP contribution in [0.5, 0.6) is 5.75 Å². The minimum atomic E-state index is -4.73. The number of rotatable bonds is 5. The van der Waals surface area contributed by atoms with Crippen molar-refractivity contribution >= 4 is 27.1 Å². The predicted octanol–water partition coefficient (Wildman–Crippen LogP) is 3.80. The van der Waals surface area contributed by atoms with Gasteiger partial charge in [0.25, 0.3) is 0 Å². The minimum Gasteiger partial charge on any atom is -0.495 e. The Kier molecular flexibility index (Phi) is 7.12. The van der Waals surface area contributed by atoms with Gasteiger partial charge in [0.05, 0.1) is 24.3 Å². The van der Waals surface area contributed by atoms with Gasteiger partial charge in [0.15, 0.2) is 9.84 Å². The summed E-state index contributed by atoms with van der Waals surface area (Å²) < 4.78 is 72.5. The van der Waals surface area contributed by atoms with E-state index in [4.69, 9.17) is 9.15 Å². The van der Waals surface area contributed by atoms with E-state index in [1.165, 1.54) is 16.9 Å². The molecule has 13 heteroatoms. The highest BCUT2D eigenvalue weighted by Gasteiger charge is 2.39. The van der Waals surface area contributed by atoms with Crippen LogP contribution in [-0.2, 0) is 16.0 Å². The Morgan fingerprint density at radius 2 is 1.89 bits per heavy atom. The number of anilines is 1. The fourth-order valence-electron chi connectivity index (χ4n) is 4.18. The zero-order valence-corrected chi connectivity index (χ0v) is 20.5. The smallest absolute Gasteiger partial charge is 0.470 e. The summed E-state index contributed by atoms with van der Waals surface area (Å²) in [5.41, 5.74) is 1.83. The topological polar surface area (TPSA) is 106 Å². The highest BCUT2D eigenvalue weighted by atomic mass is 32.2. The average Bonchev–Trinajstić information content (AvgIpc) is 3.33. The lowest BCUT2D eigenvalue weighted by atomic mass is 9.88. The van der Waals surface area contributed by atoms with Gasteiger partial charge in [-0.2, -0.15) is 13.2 Å². The van der Waals surface area contributed by atoms with E-state index in [0.29, 0.717) is 23.4 Å². The van der Waals surface area contributed by atoms with Crippen LogP contribution < -0.4 is 9.64 Å². The molecule has 1 saturated heterocycles. The number of allylic oxidation sites excluding steroid dienone is 3. The number of hydrogen-bond acceptors (Lipinski definition) is 7. The number of para-hydroxylation sites is 2. The quantitative estimate of drug-likeness (QED) is 0.583. The van der Waals surface area contributed by atoms with Crippen molar-refractivity contribution in [1.29, 1.82) is 0 Å². The number of carbonyl (C=O) groups is 1. The van der Waals surface area contributed by atoms with E-state index in [-0.39, 0.29) is 49.0 Å². The van der Waals surface area contributed by atoms with Gasteiger partial charge in [-0.25, -0.2) is 13.2 Å². The maximum Gasteiger partial charge on any atom is 0.470 e. The van der Waals surface area contributed by atoms with Gasteiger partial charge in [-0.15, -0.1) is 10.2 Å². The molecule has 1 unspecified atom stereocenters. The third-order valence-electron chi connectivity index (χ3n) is 6.10. The number of benzene rings is 1. The number of amides is 2. The van der Waals surface area contributed by atoms with E-state index >= 15 is 0 Å². The van der Waals surface area contributed by atoms with Crippen molar-refractivity contribution in [3.8, 4) is 5.75 Å². The Bertz CT molecular complexity index is 1290. The molecule has 0 radical (unpaired) electrons. The maximum atomic E-state index is 13.5. The molecule has 0 spiro atoms. The third kappa shape index (κ3) is 5.55. The Morgan fingerprint density at radius 1 is 1.19 bits per heavy atom. The molecule has 1 aliphatic heterocycles. The molecule has 2 heterocycles. The lowest BCUT2D eigenvalue weighted by molar-refractivity contribution is -0.157. The normalized spacial score (nSPS) is 19.9. The first-order chi connectivity index (χ1) is 17.0. The van der Waals surface area contributed by atoms with Crippen molar-refractivity contribution < 1.29 is 35.5 Å². The summed E-state index contributed by atoms with van der Waals surface area (Å²) >= 11 is 0. The fourth-order valence-corrected chi connectivity index (χ4v) is 5.38. The molecule has 194 valence electrons. The first kappa shape index (κ1) is 25.7. The molecule has 1 aromatic carbocycles. The summed E-state index contributed by atoms with van der Waals surface area (Å²) in [5, 5.41) is 6.63. The summed E-state index contributed by atoms with van der Waals surface area (Å²) in [5.74, 6) is -1.58. The number of nitrogens with zero attached hydrogens (tertiary/aromatic N) is 4. The highest BCUT2D eigenvalue weighted by Crippen LogP contribution is 2.36. The SMILES string of the molecule is COc1ccccc1N(CC1=CC=C(c2nnc(C(F)(F)F)o2)C(C)C1)C(=O)N1CCS(=O)(=O)CC1. The van der Waals surface area contributed by atoms with Crippen LogP contribution in [0.15, 0.2) is 46.4 Å². The van der Waals surface area contributed by atoms with E-state index in [0.717, 1.165) is 5.57 Å². The molecule has 9 nitrogen and oxygen atoms in total. The molecule has 2 aromatic rings. The molecule has 1 fully saturated rings. The number of aromatic nitrogens is 2. The Morgan fingerprint density at radius 3 is 2.50 bits per heavy atom. The summed E-state index contributed by atoms with van der Waals surface area (Å²) in [7, 11) is -1.68. The van der Waals surface area contributed by atoms with Gasteiger partial charge < -0.3 is 14.1 Å². The number of halogens is 3. The Labute approximate surface area is 206 Å². The van der Waals surface area contributed by atoms with Crippen molar-refractivity contribution in [1.82, 2.24) is 15.1 Å². The van der Waals surface area contributed by atoms with Gasteiger partial charge in [0.2, 0.25) is 5.89 Å². The van der Waals surface area contributed by atoms with Crippen molar-refractivity contribution in [2.45, 2.75) is 19.5 Å². The third-order valence-corrected chi connectivity index (χ3v) is 7.70. The molecular weight excluding hydrogens is 501 g/mol. The van der Waals surface area contributed by atoms with E-state index < -0.39 is 21.9 Å². The molecule has 0 N–H and O–H groups in total. The number of ether oxygens (including phenoxy) is 1. The second-order valence-electron chi connectivity index (χ2n) is 8.64. The van der Waals surface area contributed by atoms with Gasteiger partial charge in [0, 0.05) is 25.2 Å². The summed E-state index contributed by atoms with van der Waals surface area (Å²) in [4.78, 5) is 16.6. The van der Waals surface area contributed by atoms with Gasteiger partial charge in [-0.1, -0.05) is 31.2 Å². The second kappa shape index (κ2) is 9.96. The summed E-state index contributed by atoms with van der Waals surface area (Å²) in [6, 6.07) is 6.64. The molecule has 1 aromatic heterocycles. The number of carbonyl (C=O) groups excluding carboxylic acids is 1. The molecular formula is C23H25F3N4O5S. The van der Waals surface area contributed by atoms with Crippen molar-refractivity contribution in [3.63, 3.8) is 0 Å². The number of methoxy groups -OCH3 is 1. The lowest BCUT2D eigenvalue weighted by Gasteiger charge is -2.34. The molecule has 1 atom stereocenters. The molecule has 2 aliphatic rings. The number of hydrogen-bond donors (Lipinski definition) is 0. The standard InChI is InChI=1S/C23H25F3N4O5S/c1-15-13-16(7-8-17(15)20-27-28-21(35-20)23(24,25)26)14-30(18-5-3-4-6-19(18)34-2)22(31)29-9-11-36(32,33)12-10-29/h3-8,15H,9-14H2,1-2H3. The zero-order valence-electron chi connectivity index (χ0n) is 19.7. The van der Waals surface area contributed by atoms with Crippen LogP contribution in [-0.4, -0.2) is 67.8 Å². The van der Waals surface area contributed by atoms with E-state index in [1.807, 2.05) is 6.92 Å². The van der Waals surface area contributed by atoms with Crippen molar-refractivity contribution in [2.24, 2.45) is 5.92 Å². The Hall–Kier alpha value is -3.35. The second-order valence-corrected chi connectivity index (χ2v) is 10.9. The van der Waals surface area contributed by atoms with Crippen LogP contribution >= 0.6 is 0 Å². The first-order valence-corrected chi connectivity index (χ1v) is 13.0. The molecule has 4 rings (SSSR count). The van der Waals surface area contributed by atoms with Crippen LogP contribution in [0.1, 0.15) is 25.1 Å². The van der Waals surface area contributed by atoms with Crippen LogP contribution in [0.3, 0.4) is 0 Å². The molecule has 0 saturated carbocycles. The molecule has 1 aliphatic carbocycles. The van der Waals surface area contributed by atoms with Crippen LogP contribution in [0.25, 0.3) is 5.57 Å². The van der Waals surface area contributed by atoms with Gasteiger partial charge in [-0.05, 0) is 30.0 Å². The maximum absolute atomic E-state index is 13.5. The van der Waals surface area contributed by atoms with Gasteiger partial charge in [-0.3, -0.25) is 4.90 Å². The fraction of sp³-hybridized carbons (Fsp3) is 0.435. The number of urea groups is 1. The zero-order chi connectivity index (χ0) is 26.1. The highest BCUT2D eigenvalue weighted by molar-refractivity contribution is 7.91. The molecule has 2 amide bonds. The van der Waals surface area contributed by atoms with Crippen LogP contribution in [0.2, 0.25) is 0 Å². The van der Waals surface area contributed by atoms with E-state index in [1.54, 1.807) is 36.4 Å². The summed E-state index contributed by atoms with van der Waals surface area (Å²) in [6.07, 6.45) is -0.949. The predicted molar refractivity (Wildman–Crippen MR) is 125 cm³/mol. The first-order valence-electron chi connectivity index (χ1n) is 11.2. The van der Waals surface area contributed by atoms with Gasteiger partial charge in [0.1, 0.15) is 5.75 Å². The molecule has 0 bridgehead atoms. The Balaban J connectivity index is 1.61. The summed E-state index contributed by atoms with van der Waals surface area (Å²) in [6.45, 7) is 2.17. The van der Waals surface area contributed by atoms with Gasteiger partial charge >= 0.3 is 18.1 Å². The number of sulfone groups is 1. The number of alkyl halides is 3. The lowest BCUT2D eigenvalue weighted by Crippen LogP contribution is -2.50. The molecule has 36 heavy (non-hydrogen) atoms. The monoisotopic (exact) mass is 526 g/mol. The van der Waals surface area contributed by atoms with Crippen molar-refractivity contribution in [3.05, 3.63) is 53.8 Å². The largest absolute Gasteiger partial charge is 0.495 e. The minimum absolute atomic E-state index is 0.0883. The van der Waals surface area contributed by atoms with Crippen LogP contribution in [0, 0.1) is 5.92 Å². The van der Waals surface area contributed by atoms with E-state index in [2.05, 4.69) is 10.2 Å². The van der Waals surface area contributed by atoms with Crippen LogP contribution in [0.4, 0.5) is 23.7 Å².